The van der Waals surface area contributed by atoms with E-state index in [1.54, 1.807) is 21.7 Å². The van der Waals surface area contributed by atoms with Crippen molar-refractivity contribution in [3.63, 3.8) is 0 Å². The fourth-order valence-corrected chi connectivity index (χ4v) is 4.06. The van der Waals surface area contributed by atoms with Gasteiger partial charge in [0.1, 0.15) is 5.69 Å². The molecule has 0 aliphatic rings. The molecule has 2 N–H and O–H groups in total. The van der Waals surface area contributed by atoms with E-state index >= 15 is 0 Å². The van der Waals surface area contributed by atoms with Crippen molar-refractivity contribution in [1.29, 1.82) is 0 Å². The molecule has 0 spiro atoms. The number of benzene rings is 2. The van der Waals surface area contributed by atoms with Crippen LogP contribution in [0.1, 0.15) is 32.8 Å². The zero-order valence-electron chi connectivity index (χ0n) is 19.4. The van der Waals surface area contributed by atoms with Gasteiger partial charge in [0.05, 0.1) is 5.69 Å². The quantitative estimate of drug-likeness (QED) is 0.401. The van der Waals surface area contributed by atoms with Crippen LogP contribution in [0.2, 0.25) is 0 Å². The lowest BCUT2D eigenvalue weighted by Gasteiger charge is -2.29. The molecule has 174 valence electrons. The number of aromatic amines is 1. The molecule has 0 fully saturated rings. The number of carbonyl (C=O) groups excluding carboxylic acids is 2. The predicted molar refractivity (Wildman–Crippen MR) is 132 cm³/mol. The van der Waals surface area contributed by atoms with E-state index in [-0.39, 0.29) is 17.9 Å². The molecule has 2 aromatic heterocycles. The van der Waals surface area contributed by atoms with Crippen LogP contribution < -0.4 is 5.32 Å². The Morgan fingerprint density at radius 1 is 1.06 bits per heavy atom. The van der Waals surface area contributed by atoms with Crippen molar-refractivity contribution in [2.45, 2.75) is 18.9 Å². The maximum absolute atomic E-state index is 13.4. The van der Waals surface area contributed by atoms with Crippen LogP contribution >= 0.6 is 0 Å². The third kappa shape index (κ3) is 5.43. The van der Waals surface area contributed by atoms with Crippen LogP contribution in [0.15, 0.2) is 85.2 Å². The van der Waals surface area contributed by atoms with Gasteiger partial charge in [-0.1, -0.05) is 42.5 Å². The Kier molecular flexibility index (Phi) is 7.22. The highest BCUT2D eigenvalue weighted by Crippen LogP contribution is 2.20. The zero-order chi connectivity index (χ0) is 23.9. The van der Waals surface area contributed by atoms with Gasteiger partial charge >= 0.3 is 0 Å². The van der Waals surface area contributed by atoms with Crippen molar-refractivity contribution in [3.05, 3.63) is 102 Å². The van der Waals surface area contributed by atoms with Gasteiger partial charge < -0.3 is 14.8 Å². The van der Waals surface area contributed by atoms with E-state index in [9.17, 15) is 9.59 Å². The number of amides is 2. The van der Waals surface area contributed by atoms with Crippen molar-refractivity contribution < 1.29 is 9.59 Å². The molecule has 0 saturated carbocycles. The third-order valence-electron chi connectivity index (χ3n) is 6.04. The Hall–Kier alpha value is -4.13. The normalized spacial score (nSPS) is 11.7. The number of H-pyrrole nitrogens is 1. The SMILES string of the molecule is CN(C(=O)c1cccc(-c2ccn[nH]2)c1)C(CCNC(=O)c1cccn1C)Cc1ccccc1. The molecule has 4 aromatic rings. The predicted octanol–water partition coefficient (Wildman–Crippen LogP) is 3.92. The van der Waals surface area contributed by atoms with Gasteiger partial charge in [-0.25, -0.2) is 0 Å². The summed E-state index contributed by atoms with van der Waals surface area (Å²) in [5.41, 5.74) is 4.14. The summed E-state index contributed by atoms with van der Waals surface area (Å²) in [6, 6.07) is 23.1. The van der Waals surface area contributed by atoms with Crippen LogP contribution in [0.4, 0.5) is 0 Å². The standard InChI is InChI=1S/C27H29N5O2/c1-31-17-7-12-25(31)26(33)28-15-13-23(18-20-8-4-3-5-9-20)32(2)27(34)22-11-6-10-21(19-22)24-14-16-29-30-24/h3-12,14,16-17,19,23H,13,15,18H2,1-2H3,(H,28,33)(H,29,30). The fourth-order valence-electron chi connectivity index (χ4n) is 4.06. The van der Waals surface area contributed by atoms with Crippen molar-refractivity contribution in [2.75, 3.05) is 13.6 Å². The van der Waals surface area contributed by atoms with Crippen LogP contribution in [0.25, 0.3) is 11.3 Å². The number of aromatic nitrogens is 3. The Morgan fingerprint density at radius 2 is 1.88 bits per heavy atom. The van der Waals surface area contributed by atoms with Gasteiger partial charge in [-0.05, 0) is 48.7 Å². The first kappa shape index (κ1) is 23.0. The molecule has 0 bridgehead atoms. The molecular formula is C27H29N5O2. The second-order valence-corrected chi connectivity index (χ2v) is 8.36. The maximum atomic E-state index is 13.4. The Balaban J connectivity index is 1.48. The van der Waals surface area contributed by atoms with E-state index in [2.05, 4.69) is 27.6 Å². The van der Waals surface area contributed by atoms with Gasteiger partial charge in [0, 0.05) is 50.2 Å². The van der Waals surface area contributed by atoms with Crippen LogP contribution in [0.3, 0.4) is 0 Å². The summed E-state index contributed by atoms with van der Waals surface area (Å²) in [6.45, 7) is 0.466. The molecule has 0 aliphatic heterocycles. The van der Waals surface area contributed by atoms with Crippen LogP contribution in [-0.4, -0.2) is 51.1 Å². The molecule has 2 aromatic carbocycles. The number of carbonyl (C=O) groups is 2. The number of hydrogen-bond acceptors (Lipinski definition) is 3. The maximum Gasteiger partial charge on any atom is 0.267 e. The lowest BCUT2D eigenvalue weighted by molar-refractivity contribution is 0.0723. The summed E-state index contributed by atoms with van der Waals surface area (Å²) in [5, 5.41) is 9.93. The number of nitrogens with zero attached hydrogens (tertiary/aromatic N) is 3. The van der Waals surface area contributed by atoms with E-state index in [4.69, 9.17) is 0 Å². The Bertz CT molecular complexity index is 1230. The minimum absolute atomic E-state index is 0.0592. The smallest absolute Gasteiger partial charge is 0.267 e. The molecule has 34 heavy (non-hydrogen) atoms. The molecule has 0 radical (unpaired) electrons. The molecule has 2 amide bonds. The van der Waals surface area contributed by atoms with E-state index in [0.717, 1.165) is 16.8 Å². The van der Waals surface area contributed by atoms with Gasteiger partial charge in [-0.2, -0.15) is 5.10 Å². The molecule has 4 rings (SSSR count). The summed E-state index contributed by atoms with van der Waals surface area (Å²) in [4.78, 5) is 27.7. The summed E-state index contributed by atoms with van der Waals surface area (Å²) < 4.78 is 1.79. The fraction of sp³-hybridized carbons (Fsp3) is 0.222. The first-order chi connectivity index (χ1) is 16.5. The summed E-state index contributed by atoms with van der Waals surface area (Å²) >= 11 is 0. The molecule has 0 saturated heterocycles. The largest absolute Gasteiger partial charge is 0.351 e. The molecule has 7 heteroatoms. The van der Waals surface area contributed by atoms with E-state index < -0.39 is 0 Å². The Morgan fingerprint density at radius 3 is 2.59 bits per heavy atom. The number of rotatable bonds is 9. The van der Waals surface area contributed by atoms with Gasteiger partial charge in [0.15, 0.2) is 0 Å². The summed E-state index contributed by atoms with van der Waals surface area (Å²) in [7, 11) is 3.68. The molecule has 2 heterocycles. The third-order valence-corrected chi connectivity index (χ3v) is 6.04. The number of nitrogens with one attached hydrogen (secondary N) is 2. The highest BCUT2D eigenvalue weighted by molar-refractivity contribution is 5.95. The molecule has 0 aliphatic carbocycles. The lowest BCUT2D eigenvalue weighted by atomic mass is 10.0. The van der Waals surface area contributed by atoms with E-state index in [0.29, 0.717) is 30.6 Å². The molecular weight excluding hydrogens is 426 g/mol. The number of likely N-dealkylation sites (N-methyl/N-ethyl adjacent to an activating group) is 1. The topological polar surface area (TPSA) is 83.0 Å². The monoisotopic (exact) mass is 455 g/mol. The number of hydrogen-bond donors (Lipinski definition) is 2. The van der Waals surface area contributed by atoms with Gasteiger partial charge in [0.25, 0.3) is 11.8 Å². The minimum Gasteiger partial charge on any atom is -0.351 e. The minimum atomic E-state index is -0.118. The first-order valence-corrected chi connectivity index (χ1v) is 11.3. The van der Waals surface area contributed by atoms with Gasteiger partial charge in [-0.3, -0.25) is 14.7 Å². The highest BCUT2D eigenvalue weighted by Gasteiger charge is 2.22. The Labute approximate surface area is 199 Å². The van der Waals surface area contributed by atoms with Gasteiger partial charge in [-0.15, -0.1) is 0 Å². The van der Waals surface area contributed by atoms with Crippen molar-refractivity contribution in [2.24, 2.45) is 7.05 Å². The summed E-state index contributed by atoms with van der Waals surface area (Å²) in [5.74, 6) is -0.178. The first-order valence-electron chi connectivity index (χ1n) is 11.3. The van der Waals surface area contributed by atoms with Gasteiger partial charge in [0.2, 0.25) is 0 Å². The highest BCUT2D eigenvalue weighted by atomic mass is 16.2. The zero-order valence-corrected chi connectivity index (χ0v) is 19.4. The second kappa shape index (κ2) is 10.7. The summed E-state index contributed by atoms with van der Waals surface area (Å²) in [6.07, 6.45) is 4.86. The second-order valence-electron chi connectivity index (χ2n) is 8.36. The van der Waals surface area contributed by atoms with Crippen molar-refractivity contribution in [1.82, 2.24) is 25.0 Å². The average Bonchev–Trinajstić information content (AvgIpc) is 3.55. The number of aryl methyl sites for hydroxylation is 1. The van der Waals surface area contributed by atoms with E-state index in [1.165, 1.54) is 0 Å². The molecule has 1 unspecified atom stereocenters. The van der Waals surface area contributed by atoms with Crippen molar-refractivity contribution in [3.8, 4) is 11.3 Å². The van der Waals surface area contributed by atoms with Crippen LogP contribution in [0.5, 0.6) is 0 Å². The molecule has 1 atom stereocenters. The van der Waals surface area contributed by atoms with Crippen LogP contribution in [0, 0.1) is 0 Å². The average molecular weight is 456 g/mol. The lowest BCUT2D eigenvalue weighted by Crippen LogP contribution is -2.41. The van der Waals surface area contributed by atoms with Crippen LogP contribution in [-0.2, 0) is 13.5 Å². The molecule has 7 nitrogen and oxygen atoms in total. The van der Waals surface area contributed by atoms with Crippen molar-refractivity contribution >= 4 is 11.8 Å². The van der Waals surface area contributed by atoms with E-state index in [1.807, 2.05) is 74.9 Å².